The Labute approximate surface area is 166 Å². The van der Waals surface area contributed by atoms with Crippen LogP contribution in [0.3, 0.4) is 0 Å². The van der Waals surface area contributed by atoms with Crippen molar-refractivity contribution < 1.29 is 31.0 Å². The summed E-state index contributed by atoms with van der Waals surface area (Å²) >= 11 is 0. The van der Waals surface area contributed by atoms with Gasteiger partial charge in [0.2, 0.25) is 0 Å². The van der Waals surface area contributed by atoms with Gasteiger partial charge in [-0.25, -0.2) is 0 Å². The van der Waals surface area contributed by atoms with Crippen LogP contribution < -0.4 is 28.1 Å². The molecule has 1 aliphatic rings. The molecule has 0 fully saturated rings. The smallest absolute Gasteiger partial charge is 0.416 e. The van der Waals surface area contributed by atoms with E-state index in [4.69, 9.17) is 0 Å². The summed E-state index contributed by atoms with van der Waals surface area (Å²) in [6, 6.07) is 24.2. The topological polar surface area (TPSA) is 35.5 Å². The second kappa shape index (κ2) is 7.92. The van der Waals surface area contributed by atoms with Crippen LogP contribution in [0.25, 0.3) is 0 Å². The van der Waals surface area contributed by atoms with E-state index in [1.165, 1.54) is 12.1 Å². The first kappa shape index (κ1) is 19.7. The SMILES string of the molecule is FC(F)(F)c1ccc(C2=NN(c3ccccc3)N(c3ccccc3)[NH2+]2)cc1.[Cl-]. The van der Waals surface area contributed by atoms with Gasteiger partial charge in [-0.15, -0.1) is 10.2 Å². The number of quaternary nitrogens is 1. The number of amidine groups is 1. The number of para-hydroxylation sites is 2. The van der Waals surface area contributed by atoms with Gasteiger partial charge in [0.1, 0.15) is 5.69 Å². The van der Waals surface area contributed by atoms with E-state index in [2.05, 4.69) is 5.10 Å². The molecule has 4 rings (SSSR count). The van der Waals surface area contributed by atoms with Gasteiger partial charge in [-0.2, -0.15) is 18.6 Å². The standard InChI is InChI=1S/C20H15F3N4.ClH/c21-20(22,23)16-13-11-15(12-14-16)19-24-26(17-7-3-1-4-8-17)27(25-19)18-9-5-2-6-10-18;/h1-14H,(H,24,25);1H. The van der Waals surface area contributed by atoms with Gasteiger partial charge in [0, 0.05) is 0 Å². The number of nitrogens with zero attached hydrogens (tertiary/aromatic N) is 3. The lowest BCUT2D eigenvalue weighted by atomic mass is 10.1. The molecular weight excluding hydrogens is 389 g/mol. The molecule has 28 heavy (non-hydrogen) atoms. The zero-order valence-corrected chi connectivity index (χ0v) is 15.3. The molecule has 0 saturated carbocycles. The molecule has 1 aliphatic heterocycles. The van der Waals surface area contributed by atoms with E-state index in [1.807, 2.05) is 71.2 Å². The van der Waals surface area contributed by atoms with E-state index < -0.39 is 11.7 Å². The molecule has 3 aromatic rings. The van der Waals surface area contributed by atoms with Gasteiger partial charge in [0.25, 0.3) is 5.84 Å². The predicted octanol–water partition coefficient (Wildman–Crippen LogP) is 0.791. The number of benzene rings is 3. The van der Waals surface area contributed by atoms with Gasteiger partial charge >= 0.3 is 6.18 Å². The Morgan fingerprint density at radius 1 is 0.714 bits per heavy atom. The Morgan fingerprint density at radius 2 is 1.25 bits per heavy atom. The predicted molar refractivity (Wildman–Crippen MR) is 97.7 cm³/mol. The Balaban J connectivity index is 0.00000225. The van der Waals surface area contributed by atoms with Gasteiger partial charge in [-0.1, -0.05) is 41.5 Å². The molecular formula is C20H16ClF3N4. The highest BCUT2D eigenvalue weighted by atomic mass is 35.5. The van der Waals surface area contributed by atoms with Gasteiger partial charge in [-0.05, 0) is 48.5 Å². The molecule has 0 amide bonds. The highest BCUT2D eigenvalue weighted by Gasteiger charge is 2.33. The molecule has 0 aliphatic carbocycles. The van der Waals surface area contributed by atoms with E-state index in [0.29, 0.717) is 11.4 Å². The molecule has 1 heterocycles. The van der Waals surface area contributed by atoms with Crippen LogP contribution in [0.2, 0.25) is 0 Å². The molecule has 0 spiro atoms. The second-order valence-corrected chi connectivity index (χ2v) is 5.99. The molecule has 2 N–H and O–H groups in total. The number of hydrazone groups is 1. The number of hydrogen-bond acceptors (Lipinski definition) is 3. The summed E-state index contributed by atoms with van der Waals surface area (Å²) in [5, 5.41) is 8.21. The minimum atomic E-state index is -4.36. The second-order valence-electron chi connectivity index (χ2n) is 5.99. The summed E-state index contributed by atoms with van der Waals surface area (Å²) in [6.07, 6.45) is -4.36. The maximum Gasteiger partial charge on any atom is 0.416 e. The summed E-state index contributed by atoms with van der Waals surface area (Å²) in [7, 11) is 0. The Bertz CT molecular complexity index is 945. The van der Waals surface area contributed by atoms with Crippen molar-refractivity contribution in [2.75, 3.05) is 10.2 Å². The van der Waals surface area contributed by atoms with Crippen LogP contribution in [-0.2, 0) is 6.18 Å². The lowest BCUT2D eigenvalue weighted by Crippen LogP contribution is -3.00. The zero-order chi connectivity index (χ0) is 18.9. The summed E-state index contributed by atoms with van der Waals surface area (Å²) in [4.78, 5) is 0. The number of anilines is 2. The van der Waals surface area contributed by atoms with E-state index in [1.54, 1.807) is 5.12 Å². The van der Waals surface area contributed by atoms with Crippen LogP contribution in [-0.4, -0.2) is 5.84 Å². The lowest BCUT2D eigenvalue weighted by molar-refractivity contribution is -0.545. The third-order valence-corrected chi connectivity index (χ3v) is 4.17. The first-order chi connectivity index (χ1) is 13.0. The number of hydrazine groups is 1. The third kappa shape index (κ3) is 3.95. The molecule has 0 radical (unpaired) electrons. The van der Waals surface area contributed by atoms with Crippen molar-refractivity contribution in [2.24, 2.45) is 5.10 Å². The minimum Gasteiger partial charge on any atom is -1.00 e. The van der Waals surface area contributed by atoms with E-state index in [0.717, 1.165) is 23.5 Å². The fraction of sp³-hybridized carbons (Fsp3) is 0.0500. The summed E-state index contributed by atoms with van der Waals surface area (Å²) < 4.78 is 38.4. The molecule has 0 bridgehead atoms. The average molecular weight is 405 g/mol. The Hall–Kier alpha value is -3.03. The van der Waals surface area contributed by atoms with E-state index >= 15 is 0 Å². The molecule has 0 atom stereocenters. The molecule has 3 aromatic carbocycles. The zero-order valence-electron chi connectivity index (χ0n) is 14.5. The van der Waals surface area contributed by atoms with Crippen LogP contribution >= 0.6 is 0 Å². The van der Waals surface area contributed by atoms with Crippen LogP contribution in [0.5, 0.6) is 0 Å². The van der Waals surface area contributed by atoms with Crippen molar-refractivity contribution >= 4 is 17.2 Å². The van der Waals surface area contributed by atoms with Gasteiger partial charge in [0.05, 0.1) is 16.8 Å². The average Bonchev–Trinajstić information content (AvgIpc) is 3.14. The molecule has 0 unspecified atom stereocenters. The maximum atomic E-state index is 12.8. The van der Waals surface area contributed by atoms with Crippen LogP contribution in [0.1, 0.15) is 11.1 Å². The van der Waals surface area contributed by atoms with Gasteiger partial charge in [-0.3, -0.25) is 0 Å². The largest absolute Gasteiger partial charge is 1.00 e. The minimum absolute atomic E-state index is 0. The molecule has 0 saturated heterocycles. The number of rotatable bonds is 3. The van der Waals surface area contributed by atoms with E-state index in [-0.39, 0.29) is 12.4 Å². The number of nitrogens with two attached hydrogens (primary N) is 1. The number of halogens is 4. The van der Waals surface area contributed by atoms with Crippen LogP contribution in [0, 0.1) is 0 Å². The van der Waals surface area contributed by atoms with Crippen molar-refractivity contribution in [2.45, 2.75) is 6.18 Å². The fourth-order valence-electron chi connectivity index (χ4n) is 2.82. The third-order valence-electron chi connectivity index (χ3n) is 4.17. The highest BCUT2D eigenvalue weighted by molar-refractivity contribution is 5.94. The normalized spacial score (nSPS) is 13.9. The van der Waals surface area contributed by atoms with Crippen molar-refractivity contribution in [3.05, 3.63) is 96.1 Å². The first-order valence-corrected chi connectivity index (χ1v) is 8.33. The van der Waals surface area contributed by atoms with E-state index in [9.17, 15) is 13.2 Å². The van der Waals surface area contributed by atoms with Crippen molar-refractivity contribution in [1.82, 2.24) is 0 Å². The fourth-order valence-corrected chi connectivity index (χ4v) is 2.82. The molecule has 0 aromatic heterocycles. The first-order valence-electron chi connectivity index (χ1n) is 8.33. The van der Waals surface area contributed by atoms with Crippen molar-refractivity contribution in [3.8, 4) is 0 Å². The maximum absolute atomic E-state index is 12.8. The van der Waals surface area contributed by atoms with Crippen LogP contribution in [0.15, 0.2) is 90.0 Å². The number of alkyl halides is 3. The Kier molecular flexibility index (Phi) is 5.58. The quantitative estimate of drug-likeness (QED) is 0.655. The monoisotopic (exact) mass is 404 g/mol. The van der Waals surface area contributed by atoms with Crippen molar-refractivity contribution in [1.29, 1.82) is 0 Å². The summed E-state index contributed by atoms with van der Waals surface area (Å²) in [5.74, 6) is 0.580. The molecule has 8 heteroatoms. The van der Waals surface area contributed by atoms with Gasteiger partial charge < -0.3 is 12.4 Å². The highest BCUT2D eigenvalue weighted by Crippen LogP contribution is 2.29. The van der Waals surface area contributed by atoms with Crippen LogP contribution in [0.4, 0.5) is 24.5 Å². The number of hydrogen-bond donors (Lipinski definition) is 1. The lowest BCUT2D eigenvalue weighted by Gasteiger charge is -2.23. The van der Waals surface area contributed by atoms with Gasteiger partial charge in [0.15, 0.2) is 0 Å². The van der Waals surface area contributed by atoms with Crippen molar-refractivity contribution in [3.63, 3.8) is 0 Å². The summed E-state index contributed by atoms with van der Waals surface area (Å²) in [6.45, 7) is 0. The Morgan fingerprint density at radius 3 is 1.79 bits per heavy atom. The molecule has 4 nitrogen and oxygen atoms in total. The summed E-state index contributed by atoms with van der Waals surface area (Å²) in [5.41, 5.74) is 3.49. The molecule has 144 valence electrons.